The third kappa shape index (κ3) is 5.41. The van der Waals surface area contributed by atoms with Gasteiger partial charge in [-0.3, -0.25) is 4.79 Å². The zero-order valence-electron chi connectivity index (χ0n) is 13.9. The maximum atomic E-state index is 12.2. The van der Waals surface area contributed by atoms with Gasteiger partial charge in [-0.1, -0.05) is 0 Å². The van der Waals surface area contributed by atoms with Crippen LogP contribution in [0, 0.1) is 5.92 Å². The standard InChI is InChI=1S/C17H26N2O4/c1-3-22-15-4-5-16-13(11-15)10-14(12-23-16)17(20)19-7-6-18-8-9-21-2/h4-5,11,14,18H,3,6-10,12H2,1-2H3,(H,19,20). The Morgan fingerprint density at radius 1 is 1.35 bits per heavy atom. The molecule has 6 nitrogen and oxygen atoms in total. The Balaban J connectivity index is 1.79. The number of amides is 1. The minimum absolute atomic E-state index is 0.0333. The molecular formula is C17H26N2O4. The van der Waals surface area contributed by atoms with Crippen molar-refractivity contribution >= 4 is 5.91 Å². The minimum atomic E-state index is -0.154. The molecule has 1 atom stereocenters. The molecule has 1 aliphatic rings. The van der Waals surface area contributed by atoms with E-state index in [1.165, 1.54) is 0 Å². The molecule has 1 heterocycles. The van der Waals surface area contributed by atoms with E-state index in [9.17, 15) is 4.79 Å². The Kier molecular flexibility index (Phi) is 7.16. The predicted molar refractivity (Wildman–Crippen MR) is 88.1 cm³/mol. The van der Waals surface area contributed by atoms with Crippen LogP contribution in [0.4, 0.5) is 0 Å². The molecule has 0 saturated carbocycles. The predicted octanol–water partition coefficient (Wildman–Crippen LogP) is 0.989. The largest absolute Gasteiger partial charge is 0.494 e. The highest BCUT2D eigenvalue weighted by molar-refractivity contribution is 5.79. The molecular weight excluding hydrogens is 296 g/mol. The lowest BCUT2D eigenvalue weighted by Crippen LogP contribution is -2.40. The minimum Gasteiger partial charge on any atom is -0.494 e. The molecule has 1 unspecified atom stereocenters. The third-order valence-corrected chi connectivity index (χ3v) is 3.70. The number of hydrogen-bond acceptors (Lipinski definition) is 5. The van der Waals surface area contributed by atoms with E-state index in [-0.39, 0.29) is 11.8 Å². The molecule has 1 aromatic carbocycles. The first kappa shape index (κ1) is 17.6. The van der Waals surface area contributed by atoms with Gasteiger partial charge in [-0.2, -0.15) is 0 Å². The second kappa shape index (κ2) is 9.37. The molecule has 0 aromatic heterocycles. The van der Waals surface area contributed by atoms with Crippen LogP contribution in [0.3, 0.4) is 0 Å². The van der Waals surface area contributed by atoms with Crippen molar-refractivity contribution < 1.29 is 19.0 Å². The molecule has 2 rings (SSSR count). The number of methoxy groups -OCH3 is 1. The average molecular weight is 322 g/mol. The van der Waals surface area contributed by atoms with Crippen molar-refractivity contribution in [2.75, 3.05) is 46.6 Å². The summed E-state index contributed by atoms with van der Waals surface area (Å²) in [6, 6.07) is 5.77. The summed E-state index contributed by atoms with van der Waals surface area (Å²) in [5.74, 6) is 1.54. The fraction of sp³-hybridized carbons (Fsp3) is 0.588. The van der Waals surface area contributed by atoms with E-state index in [1.54, 1.807) is 7.11 Å². The highest BCUT2D eigenvalue weighted by Gasteiger charge is 2.26. The van der Waals surface area contributed by atoms with Gasteiger partial charge in [-0.25, -0.2) is 0 Å². The monoisotopic (exact) mass is 322 g/mol. The third-order valence-electron chi connectivity index (χ3n) is 3.70. The van der Waals surface area contributed by atoms with Gasteiger partial charge in [0.05, 0.1) is 19.1 Å². The van der Waals surface area contributed by atoms with Crippen LogP contribution in [-0.2, 0) is 16.0 Å². The zero-order valence-corrected chi connectivity index (χ0v) is 13.9. The summed E-state index contributed by atoms with van der Waals surface area (Å²) in [7, 11) is 1.67. The van der Waals surface area contributed by atoms with Crippen molar-refractivity contribution in [3.05, 3.63) is 23.8 Å². The summed E-state index contributed by atoms with van der Waals surface area (Å²) in [6.07, 6.45) is 0.680. The van der Waals surface area contributed by atoms with Crippen LogP contribution >= 0.6 is 0 Å². The molecule has 2 N–H and O–H groups in total. The Bertz CT molecular complexity index is 507. The van der Waals surface area contributed by atoms with Crippen molar-refractivity contribution in [1.29, 1.82) is 0 Å². The normalized spacial score (nSPS) is 16.3. The average Bonchev–Trinajstić information content (AvgIpc) is 2.57. The first-order valence-electron chi connectivity index (χ1n) is 8.10. The fourth-order valence-electron chi connectivity index (χ4n) is 2.51. The molecule has 128 valence electrons. The number of fused-ring (bicyclic) bond motifs is 1. The van der Waals surface area contributed by atoms with Gasteiger partial charge < -0.3 is 24.8 Å². The van der Waals surface area contributed by atoms with Crippen LogP contribution < -0.4 is 20.1 Å². The summed E-state index contributed by atoms with van der Waals surface area (Å²) in [4.78, 5) is 12.2. The Morgan fingerprint density at radius 2 is 2.22 bits per heavy atom. The number of ether oxygens (including phenoxy) is 3. The van der Waals surface area contributed by atoms with E-state index in [0.717, 1.165) is 30.2 Å². The second-order valence-electron chi connectivity index (χ2n) is 5.45. The van der Waals surface area contributed by atoms with Crippen LogP contribution in [0.5, 0.6) is 11.5 Å². The SMILES string of the molecule is CCOc1ccc2c(c1)CC(C(=O)NCCNCCOC)CO2. The van der Waals surface area contributed by atoms with Crippen molar-refractivity contribution in [3.63, 3.8) is 0 Å². The molecule has 1 amide bonds. The summed E-state index contributed by atoms with van der Waals surface area (Å²) in [5.41, 5.74) is 1.03. The summed E-state index contributed by atoms with van der Waals surface area (Å²) < 4.78 is 16.2. The number of rotatable bonds is 9. The first-order valence-corrected chi connectivity index (χ1v) is 8.10. The summed E-state index contributed by atoms with van der Waals surface area (Å²) in [6.45, 7) is 5.78. The van der Waals surface area contributed by atoms with Crippen LogP contribution in [-0.4, -0.2) is 52.5 Å². The van der Waals surface area contributed by atoms with E-state index in [2.05, 4.69) is 10.6 Å². The smallest absolute Gasteiger partial charge is 0.226 e. The van der Waals surface area contributed by atoms with Crippen LogP contribution in [0.1, 0.15) is 12.5 Å². The van der Waals surface area contributed by atoms with Gasteiger partial charge in [-0.05, 0) is 37.1 Å². The molecule has 1 aliphatic heterocycles. The number of carbonyl (C=O) groups is 1. The lowest BCUT2D eigenvalue weighted by molar-refractivity contribution is -0.126. The van der Waals surface area contributed by atoms with Crippen molar-refractivity contribution in [3.8, 4) is 11.5 Å². The number of nitrogens with one attached hydrogen (secondary N) is 2. The van der Waals surface area contributed by atoms with Gasteiger partial charge >= 0.3 is 0 Å². The van der Waals surface area contributed by atoms with E-state index in [0.29, 0.717) is 32.8 Å². The number of benzene rings is 1. The second-order valence-corrected chi connectivity index (χ2v) is 5.45. The van der Waals surface area contributed by atoms with Gasteiger partial charge in [0.25, 0.3) is 0 Å². The highest BCUT2D eigenvalue weighted by Crippen LogP contribution is 2.30. The molecule has 0 spiro atoms. The van der Waals surface area contributed by atoms with Crippen LogP contribution in [0.25, 0.3) is 0 Å². The van der Waals surface area contributed by atoms with E-state index >= 15 is 0 Å². The Hall–Kier alpha value is -1.79. The molecule has 1 aromatic rings. The molecule has 0 radical (unpaired) electrons. The van der Waals surface area contributed by atoms with Gasteiger partial charge in [0, 0.05) is 26.7 Å². The Morgan fingerprint density at radius 3 is 3.00 bits per heavy atom. The number of hydrogen-bond donors (Lipinski definition) is 2. The van der Waals surface area contributed by atoms with E-state index < -0.39 is 0 Å². The quantitative estimate of drug-likeness (QED) is 0.664. The maximum Gasteiger partial charge on any atom is 0.226 e. The lowest BCUT2D eigenvalue weighted by Gasteiger charge is -2.25. The first-order chi connectivity index (χ1) is 11.2. The molecule has 0 saturated heterocycles. The van der Waals surface area contributed by atoms with Gasteiger partial charge in [-0.15, -0.1) is 0 Å². The van der Waals surface area contributed by atoms with Gasteiger partial charge in [0.1, 0.15) is 18.1 Å². The Labute approximate surface area is 137 Å². The zero-order chi connectivity index (χ0) is 16.5. The van der Waals surface area contributed by atoms with E-state index in [1.807, 2.05) is 25.1 Å². The molecule has 6 heteroatoms. The van der Waals surface area contributed by atoms with Crippen LogP contribution in [0.15, 0.2) is 18.2 Å². The van der Waals surface area contributed by atoms with Crippen LogP contribution in [0.2, 0.25) is 0 Å². The fourth-order valence-corrected chi connectivity index (χ4v) is 2.51. The van der Waals surface area contributed by atoms with Gasteiger partial charge in [0.15, 0.2) is 0 Å². The molecule has 0 fully saturated rings. The van der Waals surface area contributed by atoms with Gasteiger partial charge in [0.2, 0.25) is 5.91 Å². The summed E-state index contributed by atoms with van der Waals surface area (Å²) >= 11 is 0. The van der Waals surface area contributed by atoms with Crippen molar-refractivity contribution in [2.45, 2.75) is 13.3 Å². The number of carbonyl (C=O) groups excluding carboxylic acids is 1. The van der Waals surface area contributed by atoms with Crippen molar-refractivity contribution in [2.24, 2.45) is 5.92 Å². The maximum absolute atomic E-state index is 12.2. The molecule has 0 bridgehead atoms. The lowest BCUT2D eigenvalue weighted by atomic mass is 9.96. The molecule has 23 heavy (non-hydrogen) atoms. The topological polar surface area (TPSA) is 68.8 Å². The summed E-state index contributed by atoms with van der Waals surface area (Å²) in [5, 5.41) is 6.14. The van der Waals surface area contributed by atoms with Crippen molar-refractivity contribution in [1.82, 2.24) is 10.6 Å². The van der Waals surface area contributed by atoms with E-state index in [4.69, 9.17) is 14.2 Å². The molecule has 0 aliphatic carbocycles. The highest BCUT2D eigenvalue weighted by atomic mass is 16.5.